The first-order chi connectivity index (χ1) is 9.58. The van der Waals surface area contributed by atoms with Crippen molar-refractivity contribution in [3.8, 4) is 11.8 Å². The SMILES string of the molecule is COc1ccc(Br)cc1CCN(C)CC1(C#N)COC1. The Morgan fingerprint density at radius 1 is 1.50 bits per heavy atom. The average Bonchev–Trinajstić information content (AvgIpc) is 2.41. The minimum absolute atomic E-state index is 0.309. The molecule has 0 unspecified atom stereocenters. The highest BCUT2D eigenvalue weighted by Crippen LogP contribution is 2.28. The number of hydrogen-bond acceptors (Lipinski definition) is 4. The molecule has 0 saturated carbocycles. The molecule has 1 heterocycles. The van der Waals surface area contributed by atoms with E-state index in [9.17, 15) is 5.26 Å². The van der Waals surface area contributed by atoms with Gasteiger partial charge in [-0.15, -0.1) is 0 Å². The van der Waals surface area contributed by atoms with Crippen LogP contribution in [-0.4, -0.2) is 45.4 Å². The van der Waals surface area contributed by atoms with Gasteiger partial charge >= 0.3 is 0 Å². The molecule has 0 amide bonds. The van der Waals surface area contributed by atoms with Crippen molar-refractivity contribution in [3.05, 3.63) is 28.2 Å². The molecule has 0 N–H and O–H groups in total. The molecule has 5 heteroatoms. The Hall–Kier alpha value is -1.09. The van der Waals surface area contributed by atoms with Gasteiger partial charge in [-0.05, 0) is 37.2 Å². The van der Waals surface area contributed by atoms with Crippen LogP contribution in [-0.2, 0) is 11.2 Å². The lowest BCUT2D eigenvalue weighted by Crippen LogP contribution is -2.49. The summed E-state index contributed by atoms with van der Waals surface area (Å²) in [4.78, 5) is 2.19. The third-order valence-corrected chi connectivity index (χ3v) is 4.07. The maximum absolute atomic E-state index is 9.21. The van der Waals surface area contributed by atoms with E-state index in [1.165, 1.54) is 5.56 Å². The molecular formula is C15H19BrN2O2. The predicted molar refractivity (Wildman–Crippen MR) is 80.8 cm³/mol. The van der Waals surface area contributed by atoms with E-state index in [4.69, 9.17) is 9.47 Å². The van der Waals surface area contributed by atoms with Crippen LogP contribution in [0.15, 0.2) is 22.7 Å². The molecule has 0 atom stereocenters. The first-order valence-electron chi connectivity index (χ1n) is 6.58. The Kier molecular flexibility index (Phi) is 5.03. The zero-order chi connectivity index (χ0) is 14.6. The summed E-state index contributed by atoms with van der Waals surface area (Å²) in [6.45, 7) is 2.73. The second-order valence-electron chi connectivity index (χ2n) is 5.33. The number of benzene rings is 1. The molecule has 20 heavy (non-hydrogen) atoms. The lowest BCUT2D eigenvalue weighted by Gasteiger charge is -2.38. The Morgan fingerprint density at radius 2 is 2.25 bits per heavy atom. The Morgan fingerprint density at radius 3 is 2.80 bits per heavy atom. The molecule has 2 rings (SSSR count). The van der Waals surface area contributed by atoms with Gasteiger partial charge in [0.05, 0.1) is 26.4 Å². The highest BCUT2D eigenvalue weighted by molar-refractivity contribution is 9.10. The molecule has 0 aromatic heterocycles. The third kappa shape index (κ3) is 3.51. The second kappa shape index (κ2) is 6.57. The van der Waals surface area contributed by atoms with E-state index >= 15 is 0 Å². The van der Waals surface area contributed by atoms with E-state index in [0.717, 1.165) is 29.7 Å². The van der Waals surface area contributed by atoms with Gasteiger partial charge in [-0.3, -0.25) is 0 Å². The standard InChI is InChI=1S/C15H19BrN2O2/c1-18(9-15(8-17)10-20-11-15)6-5-12-7-13(16)3-4-14(12)19-2/h3-4,7H,5-6,9-11H2,1-2H3. The molecular weight excluding hydrogens is 320 g/mol. The summed E-state index contributed by atoms with van der Waals surface area (Å²) in [5, 5.41) is 9.21. The summed E-state index contributed by atoms with van der Waals surface area (Å²) in [6, 6.07) is 8.40. The number of methoxy groups -OCH3 is 1. The fraction of sp³-hybridized carbons (Fsp3) is 0.533. The number of likely N-dealkylation sites (N-methyl/N-ethyl adjacent to an activating group) is 1. The lowest BCUT2D eigenvalue weighted by atomic mass is 9.87. The van der Waals surface area contributed by atoms with Gasteiger partial charge in [-0.25, -0.2) is 0 Å². The molecule has 1 saturated heterocycles. The van der Waals surface area contributed by atoms with Crippen molar-refractivity contribution in [2.75, 3.05) is 40.5 Å². The van der Waals surface area contributed by atoms with Gasteiger partial charge in [0.2, 0.25) is 0 Å². The van der Waals surface area contributed by atoms with Gasteiger partial charge in [0.15, 0.2) is 0 Å². The molecule has 0 spiro atoms. The van der Waals surface area contributed by atoms with Crippen LogP contribution in [0.25, 0.3) is 0 Å². The van der Waals surface area contributed by atoms with Gasteiger partial charge < -0.3 is 14.4 Å². The summed E-state index contributed by atoms with van der Waals surface area (Å²) < 4.78 is 11.6. The smallest absolute Gasteiger partial charge is 0.122 e. The molecule has 1 fully saturated rings. The number of halogens is 1. The van der Waals surface area contributed by atoms with Crippen LogP contribution in [0.5, 0.6) is 5.75 Å². The van der Waals surface area contributed by atoms with Gasteiger partial charge in [-0.2, -0.15) is 5.26 Å². The average molecular weight is 339 g/mol. The van der Waals surface area contributed by atoms with Crippen molar-refractivity contribution < 1.29 is 9.47 Å². The fourth-order valence-electron chi connectivity index (χ4n) is 2.39. The Balaban J connectivity index is 1.92. The van der Waals surface area contributed by atoms with E-state index in [1.54, 1.807) is 7.11 Å². The quantitative estimate of drug-likeness (QED) is 0.799. The predicted octanol–water partition coefficient (Wildman–Crippen LogP) is 2.47. The van der Waals surface area contributed by atoms with Crippen molar-refractivity contribution in [2.24, 2.45) is 5.41 Å². The summed E-state index contributed by atoms with van der Waals surface area (Å²) in [5.41, 5.74) is 0.862. The minimum Gasteiger partial charge on any atom is -0.496 e. The van der Waals surface area contributed by atoms with E-state index in [-0.39, 0.29) is 5.41 Å². The summed E-state index contributed by atoms with van der Waals surface area (Å²) >= 11 is 3.48. The van der Waals surface area contributed by atoms with Crippen molar-refractivity contribution in [1.29, 1.82) is 5.26 Å². The lowest BCUT2D eigenvalue weighted by molar-refractivity contribution is -0.0886. The summed E-state index contributed by atoms with van der Waals surface area (Å²) in [7, 11) is 3.73. The Bertz CT molecular complexity index is 509. The van der Waals surface area contributed by atoms with Crippen LogP contribution in [0.3, 0.4) is 0 Å². The molecule has 1 aromatic rings. The van der Waals surface area contributed by atoms with Crippen molar-refractivity contribution >= 4 is 15.9 Å². The monoisotopic (exact) mass is 338 g/mol. The second-order valence-corrected chi connectivity index (χ2v) is 6.24. The number of hydrogen-bond donors (Lipinski definition) is 0. The molecule has 4 nitrogen and oxygen atoms in total. The van der Waals surface area contributed by atoms with Crippen LogP contribution in [0.4, 0.5) is 0 Å². The van der Waals surface area contributed by atoms with Gasteiger partial charge in [0.25, 0.3) is 0 Å². The van der Waals surface area contributed by atoms with Crippen molar-refractivity contribution in [2.45, 2.75) is 6.42 Å². The highest BCUT2D eigenvalue weighted by Gasteiger charge is 2.39. The van der Waals surface area contributed by atoms with E-state index in [1.807, 2.05) is 19.2 Å². The van der Waals surface area contributed by atoms with Crippen LogP contribution < -0.4 is 4.74 Å². The maximum Gasteiger partial charge on any atom is 0.122 e. The van der Waals surface area contributed by atoms with E-state index < -0.39 is 0 Å². The topological polar surface area (TPSA) is 45.5 Å². The largest absolute Gasteiger partial charge is 0.496 e. The van der Waals surface area contributed by atoms with Crippen molar-refractivity contribution in [3.63, 3.8) is 0 Å². The number of nitriles is 1. The van der Waals surface area contributed by atoms with Crippen molar-refractivity contribution in [1.82, 2.24) is 4.90 Å². The van der Waals surface area contributed by atoms with Crippen LogP contribution >= 0.6 is 15.9 Å². The molecule has 1 aromatic carbocycles. The maximum atomic E-state index is 9.21. The molecule has 1 aliphatic rings. The highest BCUT2D eigenvalue weighted by atomic mass is 79.9. The zero-order valence-electron chi connectivity index (χ0n) is 11.9. The fourth-order valence-corrected chi connectivity index (χ4v) is 2.80. The molecule has 108 valence electrons. The Labute approximate surface area is 128 Å². The number of ether oxygens (including phenoxy) is 2. The number of nitrogens with zero attached hydrogens (tertiary/aromatic N) is 2. The molecule has 0 bridgehead atoms. The first-order valence-corrected chi connectivity index (χ1v) is 7.38. The van der Waals surface area contributed by atoms with Gasteiger partial charge in [0.1, 0.15) is 11.2 Å². The van der Waals surface area contributed by atoms with E-state index in [2.05, 4.69) is 33.0 Å². The van der Waals surface area contributed by atoms with Gasteiger partial charge in [0, 0.05) is 17.6 Å². The normalized spacial score (nSPS) is 16.6. The molecule has 0 radical (unpaired) electrons. The summed E-state index contributed by atoms with van der Waals surface area (Å²) in [5.74, 6) is 0.906. The van der Waals surface area contributed by atoms with E-state index in [0.29, 0.717) is 13.2 Å². The first kappa shape index (κ1) is 15.3. The molecule has 0 aliphatic carbocycles. The zero-order valence-corrected chi connectivity index (χ0v) is 13.4. The van der Waals surface area contributed by atoms with Gasteiger partial charge in [-0.1, -0.05) is 15.9 Å². The number of rotatable bonds is 6. The third-order valence-electron chi connectivity index (χ3n) is 3.57. The minimum atomic E-state index is -0.309. The molecule has 1 aliphatic heterocycles. The van der Waals surface area contributed by atoms with Crippen LogP contribution in [0, 0.1) is 16.7 Å². The summed E-state index contributed by atoms with van der Waals surface area (Å²) in [6.07, 6.45) is 0.890. The van der Waals surface area contributed by atoms with Crippen LogP contribution in [0.2, 0.25) is 0 Å². The van der Waals surface area contributed by atoms with Crippen LogP contribution in [0.1, 0.15) is 5.56 Å².